The number of halogens is 1. The topological polar surface area (TPSA) is 126 Å². The Morgan fingerprint density at radius 3 is 2.52 bits per heavy atom. The lowest BCUT2D eigenvalue weighted by molar-refractivity contribution is -0.285. The zero-order valence-electron chi connectivity index (χ0n) is 18.2. The van der Waals surface area contributed by atoms with Crippen molar-refractivity contribution < 1.29 is 24.4 Å². The molecule has 10 nitrogen and oxygen atoms in total. The van der Waals surface area contributed by atoms with Crippen LogP contribution in [0, 0.1) is 0 Å². The van der Waals surface area contributed by atoms with E-state index in [0.717, 1.165) is 10.3 Å². The van der Waals surface area contributed by atoms with Gasteiger partial charge in [0.25, 0.3) is 5.56 Å². The van der Waals surface area contributed by atoms with Gasteiger partial charge in [0.15, 0.2) is 12.0 Å². The van der Waals surface area contributed by atoms with Crippen molar-refractivity contribution in [3.05, 3.63) is 62.4 Å². The fourth-order valence-electron chi connectivity index (χ4n) is 4.41. The molecular formula is C22H28ClN3O7. The van der Waals surface area contributed by atoms with Crippen LogP contribution in [0.15, 0.2) is 46.1 Å². The van der Waals surface area contributed by atoms with Crippen LogP contribution in [-0.4, -0.2) is 70.2 Å². The van der Waals surface area contributed by atoms with E-state index in [2.05, 4.69) is 9.88 Å². The fraction of sp³-hybridized carbons (Fsp3) is 0.545. The summed E-state index contributed by atoms with van der Waals surface area (Å²) in [6.07, 6.45) is -1.91. The molecular weight excluding hydrogens is 454 g/mol. The smallest absolute Gasteiger partial charge is 0.330 e. The maximum Gasteiger partial charge on any atom is 0.330 e. The van der Waals surface area contributed by atoms with Crippen LogP contribution in [0.5, 0.6) is 0 Å². The molecule has 33 heavy (non-hydrogen) atoms. The van der Waals surface area contributed by atoms with E-state index < -0.39 is 48.2 Å². The highest BCUT2D eigenvalue weighted by Crippen LogP contribution is 2.38. The van der Waals surface area contributed by atoms with E-state index in [-0.39, 0.29) is 0 Å². The van der Waals surface area contributed by atoms with Gasteiger partial charge in [0.2, 0.25) is 0 Å². The summed E-state index contributed by atoms with van der Waals surface area (Å²) in [7, 11) is 0. The van der Waals surface area contributed by atoms with Crippen LogP contribution in [0.25, 0.3) is 0 Å². The highest BCUT2D eigenvalue weighted by molar-refractivity contribution is 6.30. The van der Waals surface area contributed by atoms with Crippen molar-refractivity contribution in [1.82, 2.24) is 9.55 Å². The third kappa shape index (κ3) is 5.01. The maximum absolute atomic E-state index is 12.4. The second kappa shape index (κ2) is 9.96. The molecule has 3 N–H and O–H groups in total. The summed E-state index contributed by atoms with van der Waals surface area (Å²) >= 11 is 6.00. The van der Waals surface area contributed by atoms with Gasteiger partial charge in [-0.1, -0.05) is 11.6 Å². The molecule has 1 aromatic heterocycles. The predicted octanol–water partition coefficient (Wildman–Crippen LogP) is 0.859. The number of nitrogens with zero attached hydrogens (tertiary/aromatic N) is 2. The van der Waals surface area contributed by atoms with Crippen molar-refractivity contribution in [2.24, 2.45) is 0 Å². The zero-order chi connectivity index (χ0) is 23.6. The number of aliphatic hydroxyl groups is 2. The van der Waals surface area contributed by atoms with Crippen LogP contribution in [0.3, 0.4) is 0 Å². The number of nitrogens with one attached hydrogen (secondary N) is 1. The molecule has 4 atom stereocenters. The number of aromatic nitrogens is 2. The highest BCUT2D eigenvalue weighted by Gasteiger charge is 2.50. The third-order valence-electron chi connectivity index (χ3n) is 6.09. The summed E-state index contributed by atoms with van der Waals surface area (Å²) in [6, 6.07) is 8.77. The van der Waals surface area contributed by atoms with Crippen molar-refractivity contribution in [2.45, 2.75) is 50.1 Å². The van der Waals surface area contributed by atoms with E-state index in [4.69, 9.17) is 25.8 Å². The van der Waals surface area contributed by atoms with Crippen molar-refractivity contribution in [1.29, 1.82) is 0 Å². The molecule has 2 fully saturated rings. The predicted molar refractivity (Wildman–Crippen MR) is 120 cm³/mol. The minimum Gasteiger partial charge on any atom is -0.394 e. The van der Waals surface area contributed by atoms with Gasteiger partial charge >= 0.3 is 5.69 Å². The minimum absolute atomic E-state index is 0.386. The molecule has 0 amide bonds. The van der Waals surface area contributed by atoms with Crippen LogP contribution < -0.4 is 16.1 Å². The van der Waals surface area contributed by atoms with Gasteiger partial charge in [-0.25, -0.2) is 4.79 Å². The number of H-pyrrole nitrogens is 1. The normalized spacial score (nSPS) is 27.1. The van der Waals surface area contributed by atoms with E-state index in [1.165, 1.54) is 12.3 Å². The molecule has 3 heterocycles. The number of ether oxygens (including phenoxy) is 3. The molecule has 2 aromatic rings. The largest absolute Gasteiger partial charge is 0.394 e. The molecule has 0 saturated carbocycles. The number of rotatable bonds is 7. The Hall–Kier alpha value is -2.21. The van der Waals surface area contributed by atoms with Crippen LogP contribution in [0.1, 0.15) is 26.0 Å². The van der Waals surface area contributed by atoms with Crippen molar-refractivity contribution in [3.8, 4) is 0 Å². The summed E-state index contributed by atoms with van der Waals surface area (Å²) in [5, 5.41) is 21.1. The number of anilines is 1. The van der Waals surface area contributed by atoms with E-state index in [1.807, 2.05) is 31.2 Å². The average Bonchev–Trinajstić information content (AvgIpc) is 3.10. The fourth-order valence-corrected chi connectivity index (χ4v) is 4.54. The monoisotopic (exact) mass is 481 g/mol. The number of aliphatic hydroxyl groups excluding tert-OH is 2. The van der Waals surface area contributed by atoms with Crippen LogP contribution in [-0.2, 0) is 14.2 Å². The molecule has 2 aliphatic heterocycles. The van der Waals surface area contributed by atoms with Crippen molar-refractivity contribution in [3.63, 3.8) is 0 Å². The Bertz CT molecular complexity index is 1050. The number of aromatic amines is 1. The molecule has 11 heteroatoms. The third-order valence-corrected chi connectivity index (χ3v) is 6.35. The standard InChI is InChI=1S/C22H28ClN3O7/c1-2-31-22(8-11-25(12-9-22)15-5-3-14(23)4-6-15)33-19-18(29)16(13-27)32-20(19)26-10-7-17(28)24-21(26)30/h3-7,10,16,18-20,27,29H,2,8-9,11-13H2,1H3,(H,24,28,30)/t16-,18-,19-,20-/m1/s1. The Morgan fingerprint density at radius 1 is 1.21 bits per heavy atom. The number of hydrogen-bond acceptors (Lipinski definition) is 8. The molecule has 4 rings (SSSR count). The quantitative estimate of drug-likeness (QED) is 0.497. The Morgan fingerprint density at radius 2 is 1.91 bits per heavy atom. The SMILES string of the molecule is CCOC1(O[C@@H]2[C@H](O)[C@@H](CO)O[C@H]2n2ccc(=O)[nH]c2=O)CCN(c2ccc(Cl)cc2)CC1. The molecule has 2 aliphatic rings. The summed E-state index contributed by atoms with van der Waals surface area (Å²) < 4.78 is 19.3. The highest BCUT2D eigenvalue weighted by atomic mass is 35.5. The molecule has 2 saturated heterocycles. The average molecular weight is 482 g/mol. The first-order valence-corrected chi connectivity index (χ1v) is 11.3. The van der Waals surface area contributed by atoms with Gasteiger partial charge in [0.1, 0.15) is 18.3 Å². The summed E-state index contributed by atoms with van der Waals surface area (Å²) in [5.74, 6) is -1.01. The lowest BCUT2D eigenvalue weighted by Crippen LogP contribution is -2.52. The van der Waals surface area contributed by atoms with Gasteiger partial charge in [-0.3, -0.25) is 14.3 Å². The zero-order valence-corrected chi connectivity index (χ0v) is 19.0. The van der Waals surface area contributed by atoms with Gasteiger partial charge in [0, 0.05) is 55.5 Å². The van der Waals surface area contributed by atoms with Crippen LogP contribution >= 0.6 is 11.6 Å². The van der Waals surface area contributed by atoms with E-state index in [0.29, 0.717) is 37.6 Å². The van der Waals surface area contributed by atoms with Crippen molar-refractivity contribution >= 4 is 17.3 Å². The molecule has 180 valence electrons. The first-order valence-electron chi connectivity index (χ1n) is 10.9. The maximum atomic E-state index is 12.4. The number of hydrogen-bond donors (Lipinski definition) is 3. The minimum atomic E-state index is -1.20. The molecule has 0 unspecified atom stereocenters. The first kappa shape index (κ1) is 23.9. The molecule has 0 spiro atoms. The Labute approximate surface area is 195 Å². The van der Waals surface area contributed by atoms with Gasteiger partial charge < -0.3 is 29.3 Å². The lowest BCUT2D eigenvalue weighted by atomic mass is 10.0. The van der Waals surface area contributed by atoms with E-state index >= 15 is 0 Å². The number of benzene rings is 1. The van der Waals surface area contributed by atoms with Gasteiger partial charge in [-0.05, 0) is 31.2 Å². The van der Waals surface area contributed by atoms with Crippen LogP contribution in [0.2, 0.25) is 5.02 Å². The second-order valence-corrected chi connectivity index (χ2v) is 8.58. The molecule has 0 bridgehead atoms. The number of piperidine rings is 1. The lowest BCUT2D eigenvalue weighted by Gasteiger charge is -2.44. The second-order valence-electron chi connectivity index (χ2n) is 8.15. The first-order chi connectivity index (χ1) is 15.9. The Balaban J connectivity index is 1.56. The van der Waals surface area contributed by atoms with Gasteiger partial charge in [-0.2, -0.15) is 0 Å². The van der Waals surface area contributed by atoms with Crippen molar-refractivity contribution in [2.75, 3.05) is 31.2 Å². The van der Waals surface area contributed by atoms with Crippen LogP contribution in [0.4, 0.5) is 5.69 Å². The molecule has 0 radical (unpaired) electrons. The summed E-state index contributed by atoms with van der Waals surface area (Å²) in [6.45, 7) is 3.06. The van der Waals surface area contributed by atoms with E-state index in [9.17, 15) is 19.8 Å². The van der Waals surface area contributed by atoms with Gasteiger partial charge in [-0.15, -0.1) is 0 Å². The summed E-state index contributed by atoms with van der Waals surface area (Å²) in [4.78, 5) is 28.2. The van der Waals surface area contributed by atoms with Gasteiger partial charge in [0.05, 0.1) is 6.61 Å². The Kier molecular flexibility index (Phi) is 7.22. The van der Waals surface area contributed by atoms with E-state index in [1.54, 1.807) is 0 Å². The molecule has 1 aromatic carbocycles. The summed E-state index contributed by atoms with van der Waals surface area (Å²) in [5.41, 5.74) is -0.215. The molecule has 0 aliphatic carbocycles.